The molecular weight excluding hydrogens is 182 g/mol. The highest BCUT2D eigenvalue weighted by molar-refractivity contribution is 7.80. The van der Waals surface area contributed by atoms with Crippen molar-refractivity contribution < 1.29 is 5.10 Å². The Hall–Kier alpha value is -1.42. The maximum Gasteiger partial charge on any atom is 0.221 e. The van der Waals surface area contributed by atoms with Crippen molar-refractivity contribution in [1.82, 2.24) is 5.43 Å². The molecule has 0 saturated heterocycles. The van der Waals surface area contributed by atoms with Crippen LogP contribution < -0.4 is 16.3 Å². The fourth-order valence-electron chi connectivity index (χ4n) is 0.934. The minimum absolute atomic E-state index is 0.227. The molecule has 4 heteroatoms. The number of nitrogens with two attached hydrogens (primary N) is 1. The minimum atomic E-state index is 0.227. The Kier molecular flexibility index (Phi) is 3.40. The van der Waals surface area contributed by atoms with Gasteiger partial charge in [-0.05, 0) is 30.8 Å². The van der Waals surface area contributed by atoms with Gasteiger partial charge in [-0.25, -0.2) is 0 Å². The van der Waals surface area contributed by atoms with Crippen molar-refractivity contribution >= 4 is 23.5 Å². The molecule has 4 N–H and O–H groups in total. The van der Waals surface area contributed by atoms with Gasteiger partial charge < -0.3 is 5.73 Å². The average Bonchev–Trinajstić information content (AvgIpc) is 2.08. The Bertz CT molecular complexity index is 333. The molecule has 0 saturated carbocycles. The summed E-state index contributed by atoms with van der Waals surface area (Å²) in [4.78, 5) is 0. The third-order valence-electron chi connectivity index (χ3n) is 1.61. The van der Waals surface area contributed by atoms with E-state index < -0.39 is 0 Å². The molecule has 13 heavy (non-hydrogen) atoms. The Morgan fingerprint density at radius 2 is 2.23 bits per heavy atom. The quantitative estimate of drug-likeness (QED) is 0.330. The first-order valence-electron chi connectivity index (χ1n) is 3.90. The molecule has 1 aromatic carbocycles. The van der Waals surface area contributed by atoms with Gasteiger partial charge in [0.15, 0.2) is 6.21 Å². The number of thiocarbonyl (C=S) groups is 1. The zero-order valence-corrected chi connectivity index (χ0v) is 8.19. The SMILES string of the molecule is Cc1ccccc1C=[NH+]NC(N)=S. The third kappa shape index (κ3) is 3.21. The van der Waals surface area contributed by atoms with Crippen molar-refractivity contribution in [2.45, 2.75) is 6.92 Å². The Labute approximate surface area is 82.6 Å². The number of nitrogens with one attached hydrogen (secondary N) is 2. The summed E-state index contributed by atoms with van der Waals surface area (Å²) >= 11 is 4.63. The lowest BCUT2D eigenvalue weighted by Crippen LogP contribution is -2.82. The first kappa shape index (κ1) is 9.67. The van der Waals surface area contributed by atoms with Crippen LogP contribution in [0.25, 0.3) is 0 Å². The largest absolute Gasteiger partial charge is 0.372 e. The maximum atomic E-state index is 5.23. The molecule has 0 radical (unpaired) electrons. The summed E-state index contributed by atoms with van der Waals surface area (Å²) < 4.78 is 0. The molecule has 0 aromatic heterocycles. The fourth-order valence-corrected chi connectivity index (χ4v) is 0.993. The molecule has 0 bridgehead atoms. The third-order valence-corrected chi connectivity index (χ3v) is 1.71. The zero-order valence-electron chi connectivity index (χ0n) is 7.37. The predicted octanol–water partition coefficient (Wildman–Crippen LogP) is -0.757. The van der Waals surface area contributed by atoms with E-state index in [1.807, 2.05) is 37.4 Å². The molecule has 0 spiro atoms. The number of hydrazine groups is 1. The van der Waals surface area contributed by atoms with Crippen molar-refractivity contribution in [1.29, 1.82) is 0 Å². The molecule has 3 nitrogen and oxygen atoms in total. The van der Waals surface area contributed by atoms with Gasteiger partial charge in [0.2, 0.25) is 5.11 Å². The van der Waals surface area contributed by atoms with Gasteiger partial charge in [-0.15, -0.1) is 10.5 Å². The molecule has 0 atom stereocenters. The smallest absolute Gasteiger partial charge is 0.221 e. The number of aryl methyl sites for hydroxylation is 1. The summed E-state index contributed by atoms with van der Waals surface area (Å²) in [6, 6.07) is 8.01. The molecule has 0 aliphatic rings. The van der Waals surface area contributed by atoms with Crippen LogP contribution in [0.3, 0.4) is 0 Å². The van der Waals surface area contributed by atoms with E-state index in [1.54, 1.807) is 0 Å². The monoisotopic (exact) mass is 194 g/mol. The highest BCUT2D eigenvalue weighted by Crippen LogP contribution is 2.01. The Morgan fingerprint density at radius 1 is 1.54 bits per heavy atom. The molecule has 0 aliphatic heterocycles. The zero-order chi connectivity index (χ0) is 9.68. The molecule has 1 aromatic rings. The number of hydrogen-bond donors (Lipinski definition) is 3. The molecule has 68 valence electrons. The van der Waals surface area contributed by atoms with Gasteiger partial charge in [0.05, 0.1) is 0 Å². The Morgan fingerprint density at radius 3 is 2.85 bits per heavy atom. The lowest BCUT2D eigenvalue weighted by atomic mass is 10.1. The molecule has 0 unspecified atom stereocenters. The van der Waals surface area contributed by atoms with Gasteiger partial charge in [-0.1, -0.05) is 18.2 Å². The summed E-state index contributed by atoms with van der Waals surface area (Å²) in [7, 11) is 0. The predicted molar refractivity (Wildman–Crippen MR) is 57.2 cm³/mol. The summed E-state index contributed by atoms with van der Waals surface area (Å²) in [6.07, 6.45) is 1.81. The van der Waals surface area contributed by atoms with Crippen LogP contribution in [0.5, 0.6) is 0 Å². The van der Waals surface area contributed by atoms with Gasteiger partial charge in [-0.2, -0.15) is 0 Å². The minimum Gasteiger partial charge on any atom is -0.372 e. The number of rotatable bonds is 2. The van der Waals surface area contributed by atoms with Crippen molar-refractivity contribution in [3.63, 3.8) is 0 Å². The summed E-state index contributed by atoms with van der Waals surface area (Å²) in [5.41, 5.74) is 10.2. The first-order valence-corrected chi connectivity index (χ1v) is 4.31. The second-order valence-electron chi connectivity index (χ2n) is 2.63. The van der Waals surface area contributed by atoms with E-state index in [1.165, 1.54) is 5.56 Å². The summed E-state index contributed by atoms with van der Waals surface area (Å²) in [5.74, 6) is 0. The lowest BCUT2D eigenvalue weighted by Gasteiger charge is -1.94. The normalized spacial score (nSPS) is 10.2. The van der Waals surface area contributed by atoms with Crippen LogP contribution in [-0.4, -0.2) is 11.3 Å². The van der Waals surface area contributed by atoms with E-state index in [0.29, 0.717) is 0 Å². The van der Waals surface area contributed by atoms with Gasteiger partial charge >= 0.3 is 0 Å². The van der Waals surface area contributed by atoms with E-state index in [9.17, 15) is 0 Å². The highest BCUT2D eigenvalue weighted by Gasteiger charge is 1.95. The fraction of sp³-hybridized carbons (Fsp3) is 0.111. The topological polar surface area (TPSA) is 52.0 Å². The van der Waals surface area contributed by atoms with Crippen LogP contribution >= 0.6 is 12.2 Å². The van der Waals surface area contributed by atoms with Crippen molar-refractivity contribution in [3.05, 3.63) is 35.4 Å². The standard InChI is InChI=1S/C9H11N3S/c1-7-4-2-3-5-8(7)6-11-12-9(10)13/h2-6H,1H3,(H3,10,12,13)/p+1. The van der Waals surface area contributed by atoms with Gasteiger partial charge in [0.1, 0.15) is 0 Å². The van der Waals surface area contributed by atoms with E-state index in [0.717, 1.165) is 5.56 Å². The first-order chi connectivity index (χ1) is 6.20. The van der Waals surface area contributed by atoms with Crippen LogP contribution in [0.4, 0.5) is 0 Å². The van der Waals surface area contributed by atoms with Gasteiger partial charge in [-0.3, -0.25) is 0 Å². The van der Waals surface area contributed by atoms with Crippen molar-refractivity contribution in [2.24, 2.45) is 5.73 Å². The van der Waals surface area contributed by atoms with Crippen molar-refractivity contribution in [3.8, 4) is 0 Å². The van der Waals surface area contributed by atoms with Crippen LogP contribution in [0, 0.1) is 6.92 Å². The average molecular weight is 194 g/mol. The maximum absolute atomic E-state index is 5.23. The van der Waals surface area contributed by atoms with Crippen molar-refractivity contribution in [2.75, 3.05) is 0 Å². The van der Waals surface area contributed by atoms with Crippen LogP contribution in [0.15, 0.2) is 24.3 Å². The number of hydrazone groups is 1. The van der Waals surface area contributed by atoms with Crippen LogP contribution in [-0.2, 0) is 0 Å². The lowest BCUT2D eigenvalue weighted by molar-refractivity contribution is -0.499. The second-order valence-corrected chi connectivity index (χ2v) is 3.07. The van der Waals surface area contributed by atoms with Gasteiger partial charge in [0, 0.05) is 5.56 Å². The second kappa shape index (κ2) is 4.57. The van der Waals surface area contributed by atoms with E-state index >= 15 is 0 Å². The number of benzene rings is 1. The molecule has 0 amide bonds. The summed E-state index contributed by atoms with van der Waals surface area (Å²) in [5, 5.41) is 3.03. The Balaban J connectivity index is 2.68. The van der Waals surface area contributed by atoms with Crippen LogP contribution in [0.1, 0.15) is 11.1 Å². The molecule has 0 fully saturated rings. The molecule has 0 heterocycles. The number of hydrogen-bond acceptors (Lipinski definition) is 1. The van der Waals surface area contributed by atoms with Crippen LogP contribution in [0.2, 0.25) is 0 Å². The van der Waals surface area contributed by atoms with Gasteiger partial charge in [0.25, 0.3) is 0 Å². The summed E-state index contributed by atoms with van der Waals surface area (Å²) in [6.45, 7) is 2.04. The van der Waals surface area contributed by atoms with E-state index in [4.69, 9.17) is 5.73 Å². The van der Waals surface area contributed by atoms with E-state index in [2.05, 4.69) is 22.7 Å². The molecule has 1 rings (SSSR count). The molecule has 0 aliphatic carbocycles. The molecular formula is C9H12N3S+. The highest BCUT2D eigenvalue weighted by atomic mass is 32.1. The van der Waals surface area contributed by atoms with E-state index in [-0.39, 0.29) is 5.11 Å².